The molecule has 208 valence electrons. The van der Waals surface area contributed by atoms with Crippen molar-refractivity contribution < 1.29 is 9.53 Å². The van der Waals surface area contributed by atoms with Crippen molar-refractivity contribution in [3.63, 3.8) is 0 Å². The minimum atomic E-state index is -0.606. The summed E-state index contributed by atoms with van der Waals surface area (Å²) in [6.07, 6.45) is 8.98. The number of imidazole rings is 1. The maximum Gasteiger partial charge on any atom is 0.408 e. The Balaban J connectivity index is 1.25. The summed E-state index contributed by atoms with van der Waals surface area (Å²) in [7, 11) is 0. The molecule has 0 bridgehead atoms. The number of amides is 1. The number of aryl methyl sites for hydroxylation is 1. The predicted octanol–water partition coefficient (Wildman–Crippen LogP) is 6.52. The maximum atomic E-state index is 13.3. The molecule has 3 heterocycles. The van der Waals surface area contributed by atoms with E-state index in [9.17, 15) is 4.79 Å². The van der Waals surface area contributed by atoms with Crippen LogP contribution in [0.25, 0.3) is 28.2 Å². The number of carbonyl (C=O) groups is 1. The van der Waals surface area contributed by atoms with Crippen LogP contribution < -0.4 is 5.32 Å². The van der Waals surface area contributed by atoms with E-state index in [0.29, 0.717) is 11.7 Å². The third-order valence-corrected chi connectivity index (χ3v) is 8.33. The lowest BCUT2D eigenvalue weighted by Gasteiger charge is -2.25. The van der Waals surface area contributed by atoms with E-state index in [1.807, 2.05) is 36.4 Å². The first-order valence-electron chi connectivity index (χ1n) is 14.5. The second kappa shape index (κ2) is 10.8. The van der Waals surface area contributed by atoms with Crippen LogP contribution in [0.4, 0.5) is 4.79 Å². The van der Waals surface area contributed by atoms with E-state index < -0.39 is 6.10 Å². The number of nitrogens with one attached hydrogen (secondary N) is 2. The van der Waals surface area contributed by atoms with Gasteiger partial charge in [-0.1, -0.05) is 73.9 Å². The SMILES string of the molecule is Cc1ccc([C@H](OC(=O)NC2CCCCC2)c2ccc(-c3ccccc3-c3nnn[nH]3)cc2)n2cc(C3CC3)nc12. The van der Waals surface area contributed by atoms with Gasteiger partial charge in [0.2, 0.25) is 0 Å². The summed E-state index contributed by atoms with van der Waals surface area (Å²) < 4.78 is 8.37. The molecule has 0 radical (unpaired) electrons. The Morgan fingerprint density at radius 2 is 1.76 bits per heavy atom. The Bertz CT molecular complexity index is 1670. The smallest absolute Gasteiger partial charge is 0.408 e. The largest absolute Gasteiger partial charge is 0.435 e. The number of hydrogen-bond acceptors (Lipinski definition) is 6. The van der Waals surface area contributed by atoms with Crippen LogP contribution in [0.5, 0.6) is 0 Å². The Morgan fingerprint density at radius 1 is 0.976 bits per heavy atom. The van der Waals surface area contributed by atoms with E-state index in [1.165, 1.54) is 19.3 Å². The van der Waals surface area contributed by atoms with Gasteiger partial charge in [0, 0.05) is 23.7 Å². The number of rotatable bonds is 7. The molecule has 3 aromatic heterocycles. The summed E-state index contributed by atoms with van der Waals surface area (Å²) in [5.74, 6) is 1.13. The van der Waals surface area contributed by atoms with Gasteiger partial charge in [-0.25, -0.2) is 14.9 Å². The molecule has 9 nitrogen and oxygen atoms in total. The van der Waals surface area contributed by atoms with Crippen LogP contribution in [-0.2, 0) is 4.74 Å². The second-order valence-electron chi connectivity index (χ2n) is 11.3. The van der Waals surface area contributed by atoms with Gasteiger partial charge in [-0.05, 0) is 71.4 Å². The average Bonchev–Trinajstić information content (AvgIpc) is 3.51. The average molecular weight is 548 g/mol. The highest BCUT2D eigenvalue weighted by Gasteiger charge is 2.29. The quantitative estimate of drug-likeness (QED) is 0.240. The summed E-state index contributed by atoms with van der Waals surface area (Å²) in [6.45, 7) is 2.07. The number of ether oxygens (including phenoxy) is 1. The number of hydrogen-bond donors (Lipinski definition) is 2. The van der Waals surface area contributed by atoms with Gasteiger partial charge < -0.3 is 10.1 Å². The number of tetrazole rings is 1. The summed E-state index contributed by atoms with van der Waals surface area (Å²) in [5.41, 5.74) is 7.82. The Labute approximate surface area is 238 Å². The fraction of sp³-hybridized carbons (Fsp3) is 0.344. The van der Waals surface area contributed by atoms with Gasteiger partial charge in [0.1, 0.15) is 5.65 Å². The van der Waals surface area contributed by atoms with Crippen LogP contribution in [0.1, 0.15) is 79.5 Å². The number of alkyl carbamates (subject to hydrolysis) is 1. The molecular formula is C32H33N7O2. The number of aromatic nitrogens is 6. The van der Waals surface area contributed by atoms with Gasteiger partial charge in [-0.3, -0.25) is 4.40 Å². The van der Waals surface area contributed by atoms with Gasteiger partial charge in [-0.2, -0.15) is 0 Å². The fourth-order valence-electron chi connectivity index (χ4n) is 5.93. The normalized spacial score (nSPS) is 16.5. The molecule has 41 heavy (non-hydrogen) atoms. The molecular weight excluding hydrogens is 514 g/mol. The minimum Gasteiger partial charge on any atom is -0.435 e. The molecule has 2 fully saturated rings. The van der Waals surface area contributed by atoms with Gasteiger partial charge >= 0.3 is 6.09 Å². The lowest BCUT2D eigenvalue weighted by Crippen LogP contribution is -2.37. The molecule has 1 amide bonds. The molecule has 0 spiro atoms. The van der Waals surface area contributed by atoms with Crippen LogP contribution >= 0.6 is 0 Å². The molecule has 7 rings (SSSR count). The highest BCUT2D eigenvalue weighted by atomic mass is 16.6. The molecule has 5 aromatic rings. The van der Waals surface area contributed by atoms with Gasteiger partial charge in [-0.15, -0.1) is 5.10 Å². The topological polar surface area (TPSA) is 110 Å². The van der Waals surface area contributed by atoms with Gasteiger partial charge in [0.15, 0.2) is 11.9 Å². The van der Waals surface area contributed by atoms with E-state index in [-0.39, 0.29) is 12.1 Å². The molecule has 1 atom stereocenters. The third-order valence-electron chi connectivity index (χ3n) is 8.33. The number of nitrogens with zero attached hydrogens (tertiary/aromatic N) is 5. The molecule has 2 saturated carbocycles. The molecule has 2 N–H and O–H groups in total. The van der Waals surface area contributed by atoms with Crippen LogP contribution in [0, 0.1) is 6.92 Å². The number of H-pyrrole nitrogens is 1. The molecule has 0 saturated heterocycles. The molecule has 0 aliphatic heterocycles. The van der Waals surface area contributed by atoms with E-state index >= 15 is 0 Å². The number of carbonyl (C=O) groups excluding carboxylic acids is 1. The zero-order valence-electron chi connectivity index (χ0n) is 23.1. The lowest BCUT2D eigenvalue weighted by atomic mass is 9.96. The standard InChI is InChI=1S/C32H33N7O2/c1-20-11-18-28(39-19-27(22-14-15-22)34-31(20)39)29(41-32(40)33-24-7-3-2-4-8-24)23-16-12-21(13-17-23)25-9-5-6-10-26(25)30-35-37-38-36-30/h5-6,9-13,16-19,22,24,29H,2-4,7-8,14-15H2,1H3,(H,33,40)(H,35,36,37,38)/t29-/m1/s1. The Morgan fingerprint density at radius 3 is 2.49 bits per heavy atom. The summed E-state index contributed by atoms with van der Waals surface area (Å²) in [6, 6.07) is 20.5. The fourth-order valence-corrected chi connectivity index (χ4v) is 5.93. The second-order valence-corrected chi connectivity index (χ2v) is 11.3. The van der Waals surface area contributed by atoms with Crippen LogP contribution in [0.2, 0.25) is 0 Å². The van der Waals surface area contributed by atoms with Crippen molar-refractivity contribution in [2.45, 2.75) is 69.9 Å². The van der Waals surface area contributed by atoms with Crippen molar-refractivity contribution in [2.24, 2.45) is 0 Å². The monoisotopic (exact) mass is 547 g/mol. The van der Waals surface area contributed by atoms with Crippen molar-refractivity contribution in [3.8, 4) is 22.5 Å². The number of pyridine rings is 1. The minimum absolute atomic E-state index is 0.161. The third kappa shape index (κ3) is 5.19. The number of fused-ring (bicyclic) bond motifs is 1. The molecule has 2 aromatic carbocycles. The van der Waals surface area contributed by atoms with Crippen molar-refractivity contribution in [3.05, 3.63) is 89.4 Å². The highest BCUT2D eigenvalue weighted by molar-refractivity contribution is 5.80. The van der Waals surface area contributed by atoms with Crippen molar-refractivity contribution in [2.75, 3.05) is 0 Å². The van der Waals surface area contributed by atoms with E-state index in [0.717, 1.165) is 70.5 Å². The first-order chi connectivity index (χ1) is 20.1. The molecule has 2 aliphatic rings. The highest BCUT2D eigenvalue weighted by Crippen LogP contribution is 2.40. The maximum absolute atomic E-state index is 13.3. The summed E-state index contributed by atoms with van der Waals surface area (Å²) in [4.78, 5) is 18.2. The van der Waals surface area contributed by atoms with E-state index in [1.54, 1.807) is 0 Å². The van der Waals surface area contributed by atoms with Crippen molar-refractivity contribution in [1.82, 2.24) is 35.3 Å². The zero-order chi connectivity index (χ0) is 27.8. The van der Waals surface area contributed by atoms with Gasteiger partial charge in [0.25, 0.3) is 0 Å². The van der Waals surface area contributed by atoms with Crippen molar-refractivity contribution in [1.29, 1.82) is 0 Å². The lowest BCUT2D eigenvalue weighted by molar-refractivity contribution is 0.108. The first-order valence-corrected chi connectivity index (χ1v) is 14.5. The summed E-state index contributed by atoms with van der Waals surface area (Å²) >= 11 is 0. The number of benzene rings is 2. The van der Waals surface area contributed by atoms with Crippen LogP contribution in [0.15, 0.2) is 66.9 Å². The van der Waals surface area contributed by atoms with Crippen molar-refractivity contribution >= 4 is 11.7 Å². The Hall–Kier alpha value is -4.53. The Kier molecular flexibility index (Phi) is 6.70. The van der Waals surface area contributed by atoms with Gasteiger partial charge in [0.05, 0.1) is 11.4 Å². The molecule has 9 heteroatoms. The zero-order valence-corrected chi connectivity index (χ0v) is 23.1. The van der Waals surface area contributed by atoms with E-state index in [2.05, 4.69) is 67.7 Å². The molecule has 2 aliphatic carbocycles. The van der Waals surface area contributed by atoms with Crippen LogP contribution in [0.3, 0.4) is 0 Å². The van der Waals surface area contributed by atoms with E-state index in [4.69, 9.17) is 9.72 Å². The number of aromatic amines is 1. The van der Waals surface area contributed by atoms with Crippen LogP contribution in [-0.4, -0.2) is 42.1 Å². The summed E-state index contributed by atoms with van der Waals surface area (Å²) in [5, 5.41) is 17.6. The molecule has 0 unspecified atom stereocenters. The predicted molar refractivity (Wildman–Crippen MR) is 155 cm³/mol. The first kappa shape index (κ1) is 25.4.